The van der Waals surface area contributed by atoms with Crippen molar-refractivity contribution in [3.05, 3.63) is 57.9 Å². The number of rotatable bonds is 5. The molecule has 2 aromatic heterocycles. The fourth-order valence-corrected chi connectivity index (χ4v) is 4.91. The van der Waals surface area contributed by atoms with E-state index in [1.165, 1.54) is 6.07 Å². The molecule has 1 fully saturated rings. The Labute approximate surface area is 200 Å². The summed E-state index contributed by atoms with van der Waals surface area (Å²) in [4.78, 5) is 16.2. The van der Waals surface area contributed by atoms with Gasteiger partial charge in [-0.1, -0.05) is 18.2 Å². The number of hydrogen-bond donors (Lipinski definition) is 6. The predicted molar refractivity (Wildman–Crippen MR) is 127 cm³/mol. The fraction of sp³-hybridized carbons (Fsp3) is 0.400. The number of nitrogens with zero attached hydrogens (tertiary/aromatic N) is 1. The molecule has 0 radical (unpaired) electrons. The topological polar surface area (TPSA) is 157 Å². The molecule has 5 unspecified atom stereocenters. The van der Waals surface area contributed by atoms with E-state index >= 15 is 0 Å². The van der Waals surface area contributed by atoms with E-state index in [9.17, 15) is 30.3 Å². The Hall–Kier alpha value is -2.99. The summed E-state index contributed by atoms with van der Waals surface area (Å²) in [5.41, 5.74) is 4.21. The fourth-order valence-electron chi connectivity index (χ4n) is 4.91. The standard InChI is InChI=1S/C25H28N2O8/c1-2-12(10-28)13-8-16-20-15(6-7-27(16)19(30)9-13)14-4-3-5-17(21(14)26-20)34-25-24(33)23(32)22(31)18(11-29)35-25/h2-5,8-9,18,22-26,28-29,31-33H,6-7,10-11H2,1H3. The van der Waals surface area contributed by atoms with Gasteiger partial charge in [-0.05, 0) is 42.2 Å². The average molecular weight is 485 g/mol. The van der Waals surface area contributed by atoms with Gasteiger partial charge in [0, 0.05) is 18.0 Å². The summed E-state index contributed by atoms with van der Waals surface area (Å²) in [5, 5.41) is 50.5. The number of allylic oxidation sites excluding steroid dienone is 1. The van der Waals surface area contributed by atoms with Gasteiger partial charge in [0.2, 0.25) is 6.29 Å². The number of aromatic nitrogens is 2. The summed E-state index contributed by atoms with van der Waals surface area (Å²) in [7, 11) is 0. The van der Waals surface area contributed by atoms with Crippen LogP contribution in [0.1, 0.15) is 18.1 Å². The Bertz CT molecular complexity index is 1340. The second-order valence-corrected chi connectivity index (χ2v) is 8.81. The minimum Gasteiger partial charge on any atom is -0.460 e. The zero-order chi connectivity index (χ0) is 24.9. The van der Waals surface area contributed by atoms with E-state index in [1.54, 1.807) is 29.7 Å². The van der Waals surface area contributed by atoms with Gasteiger partial charge in [0.05, 0.1) is 30.1 Å². The number of pyridine rings is 1. The third-order valence-corrected chi connectivity index (χ3v) is 6.85. The molecule has 0 bridgehead atoms. The number of aromatic amines is 1. The Kier molecular flexibility index (Phi) is 6.26. The Balaban J connectivity index is 1.58. The minimum atomic E-state index is -1.55. The molecule has 5 atom stereocenters. The number of ether oxygens (including phenoxy) is 2. The number of aliphatic hydroxyl groups is 5. The molecule has 0 spiro atoms. The summed E-state index contributed by atoms with van der Waals surface area (Å²) in [6.07, 6.45) is -4.58. The van der Waals surface area contributed by atoms with Crippen molar-refractivity contribution in [2.24, 2.45) is 0 Å². The van der Waals surface area contributed by atoms with E-state index < -0.39 is 37.3 Å². The van der Waals surface area contributed by atoms with Crippen molar-refractivity contribution < 1.29 is 35.0 Å². The van der Waals surface area contributed by atoms with Crippen molar-refractivity contribution in [1.29, 1.82) is 0 Å². The maximum absolute atomic E-state index is 12.8. The van der Waals surface area contributed by atoms with E-state index in [1.807, 2.05) is 12.1 Å². The summed E-state index contributed by atoms with van der Waals surface area (Å²) < 4.78 is 13.1. The molecule has 0 aliphatic carbocycles. The van der Waals surface area contributed by atoms with Crippen LogP contribution in [0.5, 0.6) is 5.75 Å². The largest absolute Gasteiger partial charge is 0.460 e. The molecule has 0 amide bonds. The predicted octanol–water partition coefficient (Wildman–Crippen LogP) is 0.127. The van der Waals surface area contributed by atoms with Crippen LogP contribution in [-0.2, 0) is 17.7 Å². The van der Waals surface area contributed by atoms with Gasteiger partial charge in [0.15, 0.2) is 0 Å². The first-order valence-electron chi connectivity index (χ1n) is 11.5. The van der Waals surface area contributed by atoms with Crippen LogP contribution in [0, 0.1) is 0 Å². The third kappa shape index (κ3) is 3.88. The molecule has 2 aliphatic heterocycles. The highest BCUT2D eigenvalue weighted by Crippen LogP contribution is 2.39. The van der Waals surface area contributed by atoms with Crippen LogP contribution >= 0.6 is 0 Å². The molecule has 10 nitrogen and oxygen atoms in total. The third-order valence-electron chi connectivity index (χ3n) is 6.85. The molecule has 10 heteroatoms. The second-order valence-electron chi connectivity index (χ2n) is 8.81. The van der Waals surface area contributed by atoms with Crippen LogP contribution in [-0.4, -0.2) is 79.0 Å². The van der Waals surface area contributed by atoms with Crippen molar-refractivity contribution in [1.82, 2.24) is 9.55 Å². The molecule has 3 aromatic rings. The van der Waals surface area contributed by atoms with Crippen LogP contribution < -0.4 is 10.3 Å². The lowest BCUT2D eigenvalue weighted by Gasteiger charge is -2.39. The van der Waals surface area contributed by atoms with Gasteiger partial charge >= 0.3 is 0 Å². The van der Waals surface area contributed by atoms with Gasteiger partial charge in [0.25, 0.3) is 5.56 Å². The highest BCUT2D eigenvalue weighted by atomic mass is 16.7. The lowest BCUT2D eigenvalue weighted by Crippen LogP contribution is -2.60. The first-order chi connectivity index (χ1) is 16.9. The molecule has 0 saturated carbocycles. The number of H-pyrrole nitrogens is 1. The highest BCUT2D eigenvalue weighted by molar-refractivity contribution is 5.94. The van der Waals surface area contributed by atoms with Crippen LogP contribution in [0.3, 0.4) is 0 Å². The summed E-state index contributed by atoms with van der Waals surface area (Å²) in [5.74, 6) is 0.343. The van der Waals surface area contributed by atoms with Crippen molar-refractivity contribution in [3.8, 4) is 17.1 Å². The van der Waals surface area contributed by atoms with Gasteiger partial charge < -0.3 is 44.6 Å². The number of fused-ring (bicyclic) bond motifs is 5. The van der Waals surface area contributed by atoms with Crippen LogP contribution in [0.2, 0.25) is 0 Å². The van der Waals surface area contributed by atoms with Gasteiger partial charge in [-0.3, -0.25) is 4.79 Å². The average Bonchev–Trinajstić information content (AvgIpc) is 3.25. The number of para-hydroxylation sites is 1. The van der Waals surface area contributed by atoms with Crippen LogP contribution in [0.4, 0.5) is 0 Å². The minimum absolute atomic E-state index is 0.160. The van der Waals surface area contributed by atoms with E-state index in [2.05, 4.69) is 4.98 Å². The van der Waals surface area contributed by atoms with E-state index in [4.69, 9.17) is 9.47 Å². The number of aliphatic hydroxyl groups excluding tert-OH is 5. The number of nitrogens with one attached hydrogen (secondary N) is 1. The Morgan fingerprint density at radius 2 is 2.00 bits per heavy atom. The lowest BCUT2D eigenvalue weighted by molar-refractivity contribution is -0.277. The van der Waals surface area contributed by atoms with Crippen molar-refractivity contribution in [3.63, 3.8) is 0 Å². The quantitative estimate of drug-likeness (QED) is 0.298. The zero-order valence-corrected chi connectivity index (χ0v) is 19.1. The monoisotopic (exact) mass is 484 g/mol. The summed E-state index contributed by atoms with van der Waals surface area (Å²) in [6.45, 7) is 1.56. The lowest BCUT2D eigenvalue weighted by atomic mass is 9.98. The maximum atomic E-state index is 12.8. The molecule has 1 saturated heterocycles. The van der Waals surface area contributed by atoms with Gasteiger partial charge in [-0.15, -0.1) is 0 Å². The van der Waals surface area contributed by atoms with E-state index in [-0.39, 0.29) is 12.2 Å². The molecule has 6 N–H and O–H groups in total. The smallest absolute Gasteiger partial charge is 0.251 e. The molecule has 1 aromatic carbocycles. The Morgan fingerprint density at radius 3 is 2.71 bits per heavy atom. The number of benzene rings is 1. The molecule has 2 aliphatic rings. The van der Waals surface area contributed by atoms with Gasteiger partial charge in [-0.25, -0.2) is 0 Å². The molecular weight excluding hydrogens is 456 g/mol. The zero-order valence-electron chi connectivity index (χ0n) is 19.1. The Morgan fingerprint density at radius 1 is 1.20 bits per heavy atom. The van der Waals surface area contributed by atoms with Crippen LogP contribution in [0.25, 0.3) is 27.9 Å². The molecule has 4 heterocycles. The first kappa shape index (κ1) is 23.7. The number of aryl methyl sites for hydroxylation is 1. The van der Waals surface area contributed by atoms with Crippen molar-refractivity contribution in [2.45, 2.75) is 50.6 Å². The van der Waals surface area contributed by atoms with Gasteiger partial charge in [0.1, 0.15) is 30.2 Å². The summed E-state index contributed by atoms with van der Waals surface area (Å²) in [6, 6.07) is 8.79. The van der Waals surface area contributed by atoms with E-state index in [0.29, 0.717) is 41.1 Å². The highest BCUT2D eigenvalue weighted by Gasteiger charge is 2.45. The first-order valence-corrected chi connectivity index (χ1v) is 11.5. The normalized spacial score (nSPS) is 26.5. The van der Waals surface area contributed by atoms with Crippen molar-refractivity contribution in [2.75, 3.05) is 13.2 Å². The van der Waals surface area contributed by atoms with Gasteiger partial charge in [-0.2, -0.15) is 0 Å². The SMILES string of the molecule is CC=C(CO)c1cc2n(c(=O)c1)CCc1c-2[nH]c2c(OC3OC(CO)C(O)C(O)C3O)cccc12. The molecule has 35 heavy (non-hydrogen) atoms. The molecule has 186 valence electrons. The number of hydrogen-bond acceptors (Lipinski definition) is 8. The molecule has 5 rings (SSSR count). The molecular formula is C25H28N2O8. The van der Waals surface area contributed by atoms with Crippen molar-refractivity contribution >= 4 is 16.5 Å². The van der Waals surface area contributed by atoms with E-state index in [0.717, 1.165) is 16.6 Å². The summed E-state index contributed by atoms with van der Waals surface area (Å²) >= 11 is 0. The maximum Gasteiger partial charge on any atom is 0.251 e. The second kappa shape index (κ2) is 9.23. The van der Waals surface area contributed by atoms with Crippen LogP contribution in [0.15, 0.2) is 41.2 Å².